The van der Waals surface area contributed by atoms with Crippen LogP contribution in [0, 0.1) is 0 Å². The first kappa shape index (κ1) is 23.7. The minimum atomic E-state index is -0.598. The predicted molar refractivity (Wildman–Crippen MR) is 140 cm³/mol. The second-order valence-electron chi connectivity index (χ2n) is 9.22. The number of amides is 1. The molecule has 0 heterocycles. The lowest BCUT2D eigenvalue weighted by Gasteiger charge is -2.38. The molecule has 1 aliphatic rings. The van der Waals surface area contributed by atoms with Gasteiger partial charge >= 0.3 is 0 Å². The second-order valence-corrected chi connectivity index (χ2v) is 9.22. The van der Waals surface area contributed by atoms with Gasteiger partial charge in [0.2, 0.25) is 5.91 Å². The van der Waals surface area contributed by atoms with Crippen LogP contribution in [0.25, 0.3) is 11.1 Å². The van der Waals surface area contributed by atoms with Gasteiger partial charge in [0.1, 0.15) is 11.3 Å². The van der Waals surface area contributed by atoms with Crippen LogP contribution in [-0.2, 0) is 4.79 Å². The van der Waals surface area contributed by atoms with E-state index in [2.05, 4.69) is 59.3 Å². The van der Waals surface area contributed by atoms with Crippen molar-refractivity contribution < 1.29 is 9.90 Å². The number of rotatable bonds is 9. The van der Waals surface area contributed by atoms with Crippen molar-refractivity contribution >= 4 is 17.3 Å². The SMILES string of the molecule is CC[C@@H](CNc1ccc(O)cc1)NC(=O)C1(Nc2cccc(-c3ccccc3)c2)CCCCC1. The molecule has 1 amide bonds. The van der Waals surface area contributed by atoms with Gasteiger partial charge in [0.15, 0.2) is 0 Å². The lowest BCUT2D eigenvalue weighted by atomic mass is 9.80. The molecule has 1 fully saturated rings. The van der Waals surface area contributed by atoms with Crippen molar-refractivity contribution in [3.63, 3.8) is 0 Å². The van der Waals surface area contributed by atoms with E-state index in [1.165, 1.54) is 12.0 Å². The maximum absolute atomic E-state index is 13.7. The lowest BCUT2D eigenvalue weighted by Crippen LogP contribution is -2.56. The molecular weight excluding hydrogens is 422 g/mol. The van der Waals surface area contributed by atoms with E-state index in [0.29, 0.717) is 6.54 Å². The van der Waals surface area contributed by atoms with Gasteiger partial charge in [-0.3, -0.25) is 4.79 Å². The number of nitrogens with one attached hydrogen (secondary N) is 3. The van der Waals surface area contributed by atoms with Gasteiger partial charge in [-0.1, -0.05) is 68.7 Å². The van der Waals surface area contributed by atoms with Gasteiger partial charge in [0.05, 0.1) is 0 Å². The summed E-state index contributed by atoms with van der Waals surface area (Å²) in [4.78, 5) is 13.7. The highest BCUT2D eigenvalue weighted by Gasteiger charge is 2.40. The topological polar surface area (TPSA) is 73.4 Å². The fourth-order valence-corrected chi connectivity index (χ4v) is 4.69. The summed E-state index contributed by atoms with van der Waals surface area (Å²) in [6, 6.07) is 25.7. The standard InChI is InChI=1S/C29H35N3O2/c1-2-24(21-30-25-14-16-27(33)17-15-25)31-28(34)29(18-7-4-8-19-29)32-26-13-9-12-23(20-26)22-10-5-3-6-11-22/h3,5-6,9-17,20,24,30,32-33H,2,4,7-8,18-19,21H2,1H3,(H,31,34)/t24-/m0/s1. The van der Waals surface area contributed by atoms with Gasteiger partial charge in [-0.05, 0) is 66.8 Å². The van der Waals surface area contributed by atoms with E-state index in [1.54, 1.807) is 12.1 Å². The minimum Gasteiger partial charge on any atom is -0.508 e. The van der Waals surface area contributed by atoms with E-state index in [4.69, 9.17) is 0 Å². The molecule has 3 aromatic carbocycles. The van der Waals surface area contributed by atoms with Crippen molar-refractivity contribution in [2.75, 3.05) is 17.2 Å². The first-order valence-electron chi connectivity index (χ1n) is 12.4. The van der Waals surface area contributed by atoms with Crippen molar-refractivity contribution in [2.45, 2.75) is 57.0 Å². The monoisotopic (exact) mass is 457 g/mol. The highest BCUT2D eigenvalue weighted by Crippen LogP contribution is 2.33. The Morgan fingerprint density at radius 2 is 1.59 bits per heavy atom. The molecule has 5 nitrogen and oxygen atoms in total. The molecule has 4 rings (SSSR count). The average Bonchev–Trinajstić information content (AvgIpc) is 2.88. The van der Waals surface area contributed by atoms with E-state index in [-0.39, 0.29) is 17.7 Å². The highest BCUT2D eigenvalue weighted by molar-refractivity contribution is 5.90. The Bertz CT molecular complexity index is 1060. The molecule has 0 bridgehead atoms. The molecule has 1 saturated carbocycles. The average molecular weight is 458 g/mol. The van der Waals surface area contributed by atoms with Crippen LogP contribution in [-0.4, -0.2) is 29.1 Å². The van der Waals surface area contributed by atoms with Crippen LogP contribution in [0.1, 0.15) is 45.4 Å². The van der Waals surface area contributed by atoms with Crippen LogP contribution in [0.15, 0.2) is 78.9 Å². The molecular formula is C29H35N3O2. The summed E-state index contributed by atoms with van der Waals surface area (Å²) in [7, 11) is 0. The fraction of sp³-hybridized carbons (Fsp3) is 0.345. The molecule has 5 heteroatoms. The first-order chi connectivity index (χ1) is 16.6. The van der Waals surface area contributed by atoms with Crippen LogP contribution >= 0.6 is 0 Å². The first-order valence-corrected chi connectivity index (χ1v) is 12.4. The summed E-state index contributed by atoms with van der Waals surface area (Å²) in [6.07, 6.45) is 5.74. The molecule has 0 spiro atoms. The molecule has 4 N–H and O–H groups in total. The number of phenols is 1. The normalized spacial score (nSPS) is 15.8. The summed E-state index contributed by atoms with van der Waals surface area (Å²) in [5.74, 6) is 0.323. The molecule has 34 heavy (non-hydrogen) atoms. The van der Waals surface area contributed by atoms with Crippen LogP contribution < -0.4 is 16.0 Å². The smallest absolute Gasteiger partial charge is 0.245 e. The molecule has 0 aromatic heterocycles. The Morgan fingerprint density at radius 1 is 0.882 bits per heavy atom. The Balaban J connectivity index is 1.47. The second kappa shape index (κ2) is 11.1. The third-order valence-electron chi connectivity index (χ3n) is 6.74. The van der Waals surface area contributed by atoms with Gasteiger partial charge in [-0.15, -0.1) is 0 Å². The molecule has 0 unspecified atom stereocenters. The summed E-state index contributed by atoms with van der Waals surface area (Å²) in [5, 5.41) is 19.8. The van der Waals surface area contributed by atoms with Crippen molar-refractivity contribution in [3.8, 4) is 16.9 Å². The van der Waals surface area contributed by atoms with E-state index in [0.717, 1.165) is 49.0 Å². The van der Waals surface area contributed by atoms with Gasteiger partial charge in [0, 0.05) is 24.0 Å². The van der Waals surface area contributed by atoms with Gasteiger partial charge < -0.3 is 21.1 Å². The Hall–Kier alpha value is -3.47. The third kappa shape index (κ3) is 5.90. The maximum atomic E-state index is 13.7. The van der Waals surface area contributed by atoms with Crippen molar-refractivity contribution in [1.29, 1.82) is 0 Å². The van der Waals surface area contributed by atoms with E-state index >= 15 is 0 Å². The van der Waals surface area contributed by atoms with Crippen LogP contribution in [0.3, 0.4) is 0 Å². The largest absolute Gasteiger partial charge is 0.508 e. The Kier molecular flexibility index (Phi) is 7.73. The highest BCUT2D eigenvalue weighted by atomic mass is 16.3. The molecule has 1 aliphatic carbocycles. The zero-order valence-electron chi connectivity index (χ0n) is 19.9. The summed E-state index contributed by atoms with van der Waals surface area (Å²) >= 11 is 0. The molecule has 3 aromatic rings. The van der Waals surface area contributed by atoms with Crippen molar-refractivity contribution in [1.82, 2.24) is 5.32 Å². The zero-order valence-corrected chi connectivity index (χ0v) is 19.9. The summed E-state index contributed by atoms with van der Waals surface area (Å²) in [5.41, 5.74) is 3.61. The Labute approximate surface area is 202 Å². The van der Waals surface area contributed by atoms with Crippen LogP contribution in [0.2, 0.25) is 0 Å². The number of anilines is 2. The zero-order chi connectivity index (χ0) is 23.8. The Morgan fingerprint density at radius 3 is 2.29 bits per heavy atom. The predicted octanol–water partition coefficient (Wildman–Crippen LogP) is 6.18. The number of carbonyl (C=O) groups is 1. The molecule has 0 radical (unpaired) electrons. The number of carbonyl (C=O) groups excluding carboxylic acids is 1. The molecule has 178 valence electrons. The van der Waals surface area contributed by atoms with Gasteiger partial charge in [-0.25, -0.2) is 0 Å². The maximum Gasteiger partial charge on any atom is 0.245 e. The summed E-state index contributed by atoms with van der Waals surface area (Å²) < 4.78 is 0. The van der Waals surface area contributed by atoms with Crippen molar-refractivity contribution in [2.24, 2.45) is 0 Å². The van der Waals surface area contributed by atoms with Crippen molar-refractivity contribution in [3.05, 3.63) is 78.9 Å². The van der Waals surface area contributed by atoms with E-state index in [9.17, 15) is 9.90 Å². The fourth-order valence-electron chi connectivity index (χ4n) is 4.69. The molecule has 0 aliphatic heterocycles. The lowest BCUT2D eigenvalue weighted by molar-refractivity contribution is -0.127. The van der Waals surface area contributed by atoms with Gasteiger partial charge in [-0.2, -0.15) is 0 Å². The van der Waals surface area contributed by atoms with Gasteiger partial charge in [0.25, 0.3) is 0 Å². The molecule has 1 atom stereocenters. The molecule has 0 saturated heterocycles. The van der Waals surface area contributed by atoms with Crippen LogP contribution in [0.4, 0.5) is 11.4 Å². The van der Waals surface area contributed by atoms with E-state index in [1.807, 2.05) is 30.3 Å². The number of hydrogen-bond acceptors (Lipinski definition) is 4. The van der Waals surface area contributed by atoms with Crippen LogP contribution in [0.5, 0.6) is 5.75 Å². The quantitative estimate of drug-likeness (QED) is 0.290. The number of phenolic OH excluding ortho intramolecular Hbond substituents is 1. The number of benzene rings is 3. The summed E-state index contributed by atoms with van der Waals surface area (Å²) in [6.45, 7) is 2.72. The minimum absolute atomic E-state index is 0.0116. The third-order valence-corrected chi connectivity index (χ3v) is 6.74. The van der Waals surface area contributed by atoms with E-state index < -0.39 is 5.54 Å². The number of aromatic hydroxyl groups is 1. The number of hydrogen-bond donors (Lipinski definition) is 4.